The minimum atomic E-state index is 0.597. The molecule has 20 heavy (non-hydrogen) atoms. The first-order valence-electron chi connectivity index (χ1n) is 7.72. The molecule has 0 spiro atoms. The molecular formula is C16H29NO3. The lowest BCUT2D eigenvalue weighted by molar-refractivity contribution is 0.0393. The molecule has 1 N–H and O–H groups in total. The van der Waals surface area contributed by atoms with Crippen LogP contribution in [0.3, 0.4) is 0 Å². The van der Waals surface area contributed by atoms with E-state index in [1.54, 1.807) is 0 Å². The zero-order chi connectivity index (χ0) is 14.6. The zero-order valence-electron chi connectivity index (χ0n) is 13.2. The van der Waals surface area contributed by atoms with Crippen LogP contribution in [0.4, 0.5) is 0 Å². The van der Waals surface area contributed by atoms with E-state index in [4.69, 9.17) is 13.9 Å². The Balaban J connectivity index is 2.16. The summed E-state index contributed by atoms with van der Waals surface area (Å²) in [4.78, 5) is 0. The summed E-state index contributed by atoms with van der Waals surface area (Å²) in [6.45, 7) is 10.8. The van der Waals surface area contributed by atoms with E-state index in [0.717, 1.165) is 49.6 Å². The van der Waals surface area contributed by atoms with Crippen molar-refractivity contribution in [2.24, 2.45) is 0 Å². The summed E-state index contributed by atoms with van der Waals surface area (Å²) in [5.74, 6) is 1.93. The molecule has 116 valence electrons. The predicted octanol–water partition coefficient (Wildman–Crippen LogP) is 3.42. The molecule has 0 unspecified atom stereocenters. The Hall–Kier alpha value is -0.840. The highest BCUT2D eigenvalue weighted by atomic mass is 16.5. The van der Waals surface area contributed by atoms with Crippen LogP contribution in [0.5, 0.6) is 0 Å². The quantitative estimate of drug-likeness (QED) is 0.597. The normalized spacial score (nSPS) is 11.2. The minimum Gasteiger partial charge on any atom is -0.465 e. The first-order valence-corrected chi connectivity index (χ1v) is 7.72. The maximum Gasteiger partial charge on any atom is 0.118 e. The third kappa shape index (κ3) is 7.08. The monoisotopic (exact) mass is 283 g/mol. The molecule has 1 aromatic rings. The van der Waals surface area contributed by atoms with Crippen LogP contribution in [-0.4, -0.2) is 26.4 Å². The lowest BCUT2D eigenvalue weighted by Crippen LogP contribution is -2.13. The lowest BCUT2D eigenvalue weighted by atomic mass is 10.2. The minimum absolute atomic E-state index is 0.597. The summed E-state index contributed by atoms with van der Waals surface area (Å²) in [6.07, 6.45) is 3.42. The molecule has 0 fully saturated rings. The fraction of sp³-hybridized carbons (Fsp3) is 0.750. The molecule has 0 radical (unpaired) electrons. The van der Waals surface area contributed by atoms with Gasteiger partial charge in [0.15, 0.2) is 0 Å². The largest absolute Gasteiger partial charge is 0.465 e. The van der Waals surface area contributed by atoms with Gasteiger partial charge in [0.25, 0.3) is 0 Å². The zero-order valence-corrected chi connectivity index (χ0v) is 13.2. The standard InChI is InChI=1S/C16H29NO3/c1-4-6-8-18-9-10-19-13-15-11-16(20-14(15)3)12-17-7-5-2/h11,17H,4-10,12-13H2,1-3H3. The number of rotatable bonds is 12. The van der Waals surface area contributed by atoms with Crippen LogP contribution in [0.2, 0.25) is 0 Å². The molecule has 0 saturated heterocycles. The molecule has 0 bridgehead atoms. The summed E-state index contributed by atoms with van der Waals surface area (Å²) >= 11 is 0. The Bertz CT molecular complexity index is 349. The lowest BCUT2D eigenvalue weighted by Gasteiger charge is -2.04. The molecule has 0 aromatic carbocycles. The van der Waals surface area contributed by atoms with Crippen LogP contribution in [0.1, 0.15) is 50.2 Å². The van der Waals surface area contributed by atoms with Crippen molar-refractivity contribution in [2.75, 3.05) is 26.4 Å². The van der Waals surface area contributed by atoms with Crippen molar-refractivity contribution in [1.29, 1.82) is 0 Å². The molecule has 0 aliphatic heterocycles. The van der Waals surface area contributed by atoms with Gasteiger partial charge in [0.2, 0.25) is 0 Å². The van der Waals surface area contributed by atoms with Crippen LogP contribution >= 0.6 is 0 Å². The van der Waals surface area contributed by atoms with E-state index in [-0.39, 0.29) is 0 Å². The average molecular weight is 283 g/mol. The second kappa shape index (κ2) is 10.9. The van der Waals surface area contributed by atoms with Crippen molar-refractivity contribution in [3.05, 3.63) is 23.2 Å². The van der Waals surface area contributed by atoms with Crippen LogP contribution in [-0.2, 0) is 22.6 Å². The third-order valence-electron chi connectivity index (χ3n) is 3.07. The summed E-state index contributed by atoms with van der Waals surface area (Å²) in [5.41, 5.74) is 1.13. The molecule has 0 aliphatic rings. The SMILES string of the molecule is CCCCOCCOCc1cc(CNCCC)oc1C. The molecule has 4 nitrogen and oxygen atoms in total. The molecular weight excluding hydrogens is 254 g/mol. The van der Waals surface area contributed by atoms with Crippen LogP contribution in [0, 0.1) is 6.92 Å². The van der Waals surface area contributed by atoms with Gasteiger partial charge in [-0.1, -0.05) is 20.3 Å². The van der Waals surface area contributed by atoms with E-state index in [2.05, 4.69) is 25.2 Å². The van der Waals surface area contributed by atoms with Crippen molar-refractivity contribution in [3.63, 3.8) is 0 Å². The molecule has 1 heterocycles. The number of aryl methyl sites for hydroxylation is 1. The summed E-state index contributed by atoms with van der Waals surface area (Å²) < 4.78 is 16.8. The van der Waals surface area contributed by atoms with Crippen molar-refractivity contribution < 1.29 is 13.9 Å². The molecule has 0 atom stereocenters. The Morgan fingerprint density at radius 2 is 1.90 bits per heavy atom. The summed E-state index contributed by atoms with van der Waals surface area (Å²) in [7, 11) is 0. The second-order valence-corrected chi connectivity index (χ2v) is 4.99. The second-order valence-electron chi connectivity index (χ2n) is 4.99. The first kappa shape index (κ1) is 17.2. The highest BCUT2D eigenvalue weighted by molar-refractivity contribution is 5.19. The molecule has 0 saturated carbocycles. The highest BCUT2D eigenvalue weighted by Gasteiger charge is 2.07. The average Bonchev–Trinajstić information content (AvgIpc) is 2.79. The van der Waals surface area contributed by atoms with Gasteiger partial charge in [0, 0.05) is 12.2 Å². The van der Waals surface area contributed by atoms with E-state index in [1.807, 2.05) is 6.92 Å². The number of hydrogen-bond acceptors (Lipinski definition) is 4. The van der Waals surface area contributed by atoms with Crippen molar-refractivity contribution in [2.45, 2.75) is 53.2 Å². The number of unbranched alkanes of at least 4 members (excludes halogenated alkanes) is 1. The number of furan rings is 1. The van der Waals surface area contributed by atoms with E-state index >= 15 is 0 Å². The number of nitrogens with one attached hydrogen (secondary N) is 1. The summed E-state index contributed by atoms with van der Waals surface area (Å²) in [6, 6.07) is 2.08. The van der Waals surface area contributed by atoms with E-state index < -0.39 is 0 Å². The van der Waals surface area contributed by atoms with Gasteiger partial charge in [-0.3, -0.25) is 0 Å². The molecule has 1 aromatic heterocycles. The van der Waals surface area contributed by atoms with Gasteiger partial charge in [-0.25, -0.2) is 0 Å². The molecule has 0 aliphatic carbocycles. The smallest absolute Gasteiger partial charge is 0.118 e. The van der Waals surface area contributed by atoms with Crippen molar-refractivity contribution in [1.82, 2.24) is 5.32 Å². The van der Waals surface area contributed by atoms with E-state index in [1.165, 1.54) is 6.42 Å². The van der Waals surface area contributed by atoms with E-state index in [0.29, 0.717) is 19.8 Å². The van der Waals surface area contributed by atoms with Crippen molar-refractivity contribution >= 4 is 0 Å². The molecule has 0 amide bonds. The predicted molar refractivity (Wildman–Crippen MR) is 80.8 cm³/mol. The van der Waals surface area contributed by atoms with Gasteiger partial charge in [-0.15, -0.1) is 0 Å². The highest BCUT2D eigenvalue weighted by Crippen LogP contribution is 2.15. The van der Waals surface area contributed by atoms with Gasteiger partial charge in [-0.05, 0) is 32.4 Å². The van der Waals surface area contributed by atoms with Gasteiger partial charge >= 0.3 is 0 Å². The van der Waals surface area contributed by atoms with Crippen LogP contribution in [0.15, 0.2) is 10.5 Å². The van der Waals surface area contributed by atoms with E-state index in [9.17, 15) is 0 Å². The first-order chi connectivity index (χ1) is 9.77. The Kier molecular flexibility index (Phi) is 9.37. The fourth-order valence-electron chi connectivity index (χ4n) is 1.85. The van der Waals surface area contributed by atoms with Gasteiger partial charge in [0.05, 0.1) is 26.4 Å². The van der Waals surface area contributed by atoms with Gasteiger partial charge < -0.3 is 19.2 Å². The topological polar surface area (TPSA) is 43.6 Å². The van der Waals surface area contributed by atoms with Gasteiger partial charge in [0.1, 0.15) is 11.5 Å². The molecule has 4 heteroatoms. The van der Waals surface area contributed by atoms with Crippen LogP contribution < -0.4 is 5.32 Å². The maximum atomic E-state index is 5.70. The Morgan fingerprint density at radius 3 is 2.65 bits per heavy atom. The fourth-order valence-corrected chi connectivity index (χ4v) is 1.85. The maximum absolute atomic E-state index is 5.70. The van der Waals surface area contributed by atoms with Crippen LogP contribution in [0.25, 0.3) is 0 Å². The Labute approximate surface area is 122 Å². The Morgan fingerprint density at radius 1 is 1.10 bits per heavy atom. The van der Waals surface area contributed by atoms with Gasteiger partial charge in [-0.2, -0.15) is 0 Å². The number of ether oxygens (including phenoxy) is 2. The summed E-state index contributed by atoms with van der Waals surface area (Å²) in [5, 5.41) is 3.33. The molecule has 1 rings (SSSR count). The van der Waals surface area contributed by atoms with Crippen molar-refractivity contribution in [3.8, 4) is 0 Å². The number of hydrogen-bond donors (Lipinski definition) is 1. The third-order valence-corrected chi connectivity index (χ3v) is 3.07.